The quantitative estimate of drug-likeness (QED) is 0.908. The van der Waals surface area contributed by atoms with Gasteiger partial charge in [0.2, 0.25) is 11.8 Å². The number of hydrogen-bond acceptors (Lipinski definition) is 2. The van der Waals surface area contributed by atoms with Crippen molar-refractivity contribution in [3.8, 4) is 0 Å². The van der Waals surface area contributed by atoms with Gasteiger partial charge in [0.1, 0.15) is 0 Å². The van der Waals surface area contributed by atoms with Gasteiger partial charge >= 0.3 is 0 Å². The van der Waals surface area contributed by atoms with Gasteiger partial charge in [0.05, 0.1) is 12.0 Å². The van der Waals surface area contributed by atoms with Crippen LogP contribution in [0.3, 0.4) is 0 Å². The minimum atomic E-state index is -0.379. The van der Waals surface area contributed by atoms with E-state index in [2.05, 4.69) is 36.5 Å². The number of aryl methyl sites for hydroxylation is 1. The Hall–Kier alpha value is -2.62. The average Bonchev–Trinajstić information content (AvgIpc) is 3.10. The first-order chi connectivity index (χ1) is 12.1. The van der Waals surface area contributed by atoms with E-state index in [0.29, 0.717) is 0 Å². The van der Waals surface area contributed by atoms with Gasteiger partial charge in [0.25, 0.3) is 0 Å². The van der Waals surface area contributed by atoms with Gasteiger partial charge < -0.3 is 10.2 Å². The standard InChI is InChI=1S/C21H22N2O2/c1-14-8-10-15(11-9-14)19-7-4-12-23(19)21(25)17-13-20(24)22-18-6-3-2-5-16(17)18/h2-3,5-6,8-11,17,19H,4,7,12-13H2,1H3,(H,22,24)/t17-,19-/m0/s1. The molecule has 4 rings (SSSR count). The molecule has 2 aromatic carbocycles. The molecule has 2 aliphatic heterocycles. The molecule has 4 nitrogen and oxygen atoms in total. The number of benzene rings is 2. The Kier molecular flexibility index (Phi) is 4.04. The number of anilines is 1. The lowest BCUT2D eigenvalue weighted by Gasteiger charge is -2.32. The molecule has 128 valence electrons. The third-order valence-corrected chi connectivity index (χ3v) is 5.30. The molecule has 1 saturated heterocycles. The lowest BCUT2D eigenvalue weighted by molar-refractivity contribution is -0.135. The molecule has 0 spiro atoms. The molecule has 2 aromatic rings. The van der Waals surface area contributed by atoms with Crippen LogP contribution in [0.25, 0.3) is 0 Å². The van der Waals surface area contributed by atoms with Gasteiger partial charge in [0.15, 0.2) is 0 Å². The van der Waals surface area contributed by atoms with E-state index >= 15 is 0 Å². The largest absolute Gasteiger partial charge is 0.335 e. The molecule has 0 aliphatic carbocycles. The number of likely N-dealkylation sites (tertiary alicyclic amines) is 1. The van der Waals surface area contributed by atoms with E-state index < -0.39 is 0 Å². The normalized spacial score (nSPS) is 22.4. The Morgan fingerprint density at radius 3 is 2.68 bits per heavy atom. The van der Waals surface area contributed by atoms with Crippen LogP contribution in [0.2, 0.25) is 0 Å². The Labute approximate surface area is 147 Å². The molecule has 1 fully saturated rings. The van der Waals surface area contributed by atoms with E-state index in [1.165, 1.54) is 11.1 Å². The molecule has 0 bridgehead atoms. The fourth-order valence-corrected chi connectivity index (χ4v) is 4.00. The number of nitrogens with zero attached hydrogens (tertiary/aromatic N) is 1. The van der Waals surface area contributed by atoms with Crippen molar-refractivity contribution in [1.29, 1.82) is 0 Å². The second-order valence-electron chi connectivity index (χ2n) is 6.99. The molecule has 2 atom stereocenters. The summed E-state index contributed by atoms with van der Waals surface area (Å²) in [6.07, 6.45) is 2.22. The van der Waals surface area contributed by atoms with Crippen LogP contribution in [0.15, 0.2) is 48.5 Å². The zero-order valence-electron chi connectivity index (χ0n) is 14.4. The minimum absolute atomic E-state index is 0.0744. The Morgan fingerprint density at radius 2 is 1.88 bits per heavy atom. The van der Waals surface area contributed by atoms with E-state index in [1.807, 2.05) is 29.2 Å². The third-order valence-electron chi connectivity index (χ3n) is 5.30. The second-order valence-corrected chi connectivity index (χ2v) is 6.99. The molecule has 2 amide bonds. The maximum Gasteiger partial charge on any atom is 0.231 e. The minimum Gasteiger partial charge on any atom is -0.335 e. The number of carbonyl (C=O) groups excluding carboxylic acids is 2. The summed E-state index contributed by atoms with van der Waals surface area (Å²) in [5.41, 5.74) is 4.10. The molecule has 2 heterocycles. The molecular weight excluding hydrogens is 312 g/mol. The zero-order valence-corrected chi connectivity index (χ0v) is 14.4. The van der Waals surface area contributed by atoms with Crippen molar-refractivity contribution in [2.75, 3.05) is 11.9 Å². The molecule has 2 aliphatic rings. The van der Waals surface area contributed by atoms with Gasteiger partial charge in [-0.15, -0.1) is 0 Å². The fourth-order valence-electron chi connectivity index (χ4n) is 4.00. The van der Waals surface area contributed by atoms with Gasteiger partial charge in [-0.25, -0.2) is 0 Å². The molecule has 0 saturated carbocycles. The smallest absolute Gasteiger partial charge is 0.231 e. The number of para-hydroxylation sites is 1. The fraction of sp³-hybridized carbons (Fsp3) is 0.333. The molecule has 25 heavy (non-hydrogen) atoms. The summed E-state index contributed by atoms with van der Waals surface area (Å²) >= 11 is 0. The summed E-state index contributed by atoms with van der Waals surface area (Å²) in [5.74, 6) is -0.385. The van der Waals surface area contributed by atoms with Crippen LogP contribution in [0.1, 0.15) is 47.9 Å². The Bertz CT molecular complexity index is 813. The first-order valence-corrected chi connectivity index (χ1v) is 8.89. The van der Waals surface area contributed by atoms with Crippen LogP contribution in [0, 0.1) is 6.92 Å². The SMILES string of the molecule is Cc1ccc([C@@H]2CCCN2C(=O)[C@H]2CC(=O)Nc3ccccc32)cc1. The molecule has 1 N–H and O–H groups in total. The van der Waals surface area contributed by atoms with E-state index in [-0.39, 0.29) is 30.2 Å². The monoisotopic (exact) mass is 334 g/mol. The van der Waals surface area contributed by atoms with Gasteiger partial charge in [-0.2, -0.15) is 0 Å². The lowest BCUT2D eigenvalue weighted by atomic mass is 9.89. The molecule has 4 heteroatoms. The van der Waals surface area contributed by atoms with Gasteiger partial charge in [0, 0.05) is 18.7 Å². The zero-order chi connectivity index (χ0) is 17.4. The summed E-state index contributed by atoms with van der Waals surface area (Å²) < 4.78 is 0. The van der Waals surface area contributed by atoms with Gasteiger partial charge in [-0.3, -0.25) is 9.59 Å². The maximum absolute atomic E-state index is 13.3. The van der Waals surface area contributed by atoms with Crippen molar-refractivity contribution in [3.05, 3.63) is 65.2 Å². The second kappa shape index (κ2) is 6.36. The number of rotatable bonds is 2. The van der Waals surface area contributed by atoms with Crippen LogP contribution in [-0.2, 0) is 9.59 Å². The van der Waals surface area contributed by atoms with Crippen molar-refractivity contribution >= 4 is 17.5 Å². The highest BCUT2D eigenvalue weighted by atomic mass is 16.2. The first-order valence-electron chi connectivity index (χ1n) is 8.89. The Balaban J connectivity index is 1.64. The topological polar surface area (TPSA) is 49.4 Å². The molecule has 0 aromatic heterocycles. The number of hydrogen-bond donors (Lipinski definition) is 1. The first kappa shape index (κ1) is 15.9. The highest BCUT2D eigenvalue weighted by Crippen LogP contribution is 2.38. The van der Waals surface area contributed by atoms with Crippen LogP contribution < -0.4 is 5.32 Å². The van der Waals surface area contributed by atoms with E-state index in [4.69, 9.17) is 0 Å². The van der Waals surface area contributed by atoms with Crippen LogP contribution in [0.5, 0.6) is 0 Å². The predicted molar refractivity (Wildman–Crippen MR) is 97.3 cm³/mol. The highest BCUT2D eigenvalue weighted by Gasteiger charge is 2.38. The summed E-state index contributed by atoms with van der Waals surface area (Å²) in [7, 11) is 0. The van der Waals surface area contributed by atoms with Crippen molar-refractivity contribution in [2.24, 2.45) is 0 Å². The highest BCUT2D eigenvalue weighted by molar-refractivity contribution is 6.01. The number of amides is 2. The van der Waals surface area contributed by atoms with Crippen molar-refractivity contribution in [3.63, 3.8) is 0 Å². The van der Waals surface area contributed by atoms with E-state index in [9.17, 15) is 9.59 Å². The maximum atomic E-state index is 13.3. The summed E-state index contributed by atoms with van der Waals surface area (Å²) in [6, 6.07) is 16.2. The molecular formula is C21H22N2O2. The van der Waals surface area contributed by atoms with Crippen LogP contribution in [0.4, 0.5) is 5.69 Å². The summed E-state index contributed by atoms with van der Waals surface area (Å²) in [4.78, 5) is 27.3. The van der Waals surface area contributed by atoms with Crippen molar-refractivity contribution in [1.82, 2.24) is 4.90 Å². The molecule has 0 unspecified atom stereocenters. The summed E-state index contributed by atoms with van der Waals surface area (Å²) in [5, 5.41) is 2.87. The number of carbonyl (C=O) groups is 2. The summed E-state index contributed by atoms with van der Waals surface area (Å²) in [6.45, 7) is 2.83. The van der Waals surface area contributed by atoms with E-state index in [1.54, 1.807) is 0 Å². The van der Waals surface area contributed by atoms with Crippen LogP contribution in [-0.4, -0.2) is 23.3 Å². The third kappa shape index (κ3) is 2.93. The van der Waals surface area contributed by atoms with Gasteiger partial charge in [-0.1, -0.05) is 48.0 Å². The van der Waals surface area contributed by atoms with E-state index in [0.717, 1.165) is 30.6 Å². The Morgan fingerprint density at radius 1 is 1.12 bits per heavy atom. The van der Waals surface area contributed by atoms with Crippen molar-refractivity contribution in [2.45, 2.75) is 38.1 Å². The molecule has 0 radical (unpaired) electrons. The van der Waals surface area contributed by atoms with Crippen LogP contribution >= 0.6 is 0 Å². The lowest BCUT2D eigenvalue weighted by Crippen LogP contribution is -2.38. The predicted octanol–water partition coefficient (Wildman–Crippen LogP) is 3.78. The van der Waals surface area contributed by atoms with Gasteiger partial charge in [-0.05, 0) is 37.0 Å². The average molecular weight is 334 g/mol. The number of fused-ring (bicyclic) bond motifs is 1. The number of nitrogens with one attached hydrogen (secondary N) is 1. The van der Waals surface area contributed by atoms with Crippen molar-refractivity contribution < 1.29 is 9.59 Å².